The molecule has 1 aromatic heterocycles. The zero-order valence-electron chi connectivity index (χ0n) is 16.7. The van der Waals surface area contributed by atoms with Crippen LogP contribution < -0.4 is 9.80 Å². The number of benzene rings is 2. The highest BCUT2D eigenvalue weighted by molar-refractivity contribution is 5.30. The molecule has 0 spiro atoms. The van der Waals surface area contributed by atoms with Crippen molar-refractivity contribution in [3.8, 4) is 0 Å². The van der Waals surface area contributed by atoms with Gasteiger partial charge < -0.3 is 9.80 Å². The Morgan fingerprint density at radius 3 is 2.43 bits per heavy atom. The van der Waals surface area contributed by atoms with Crippen LogP contribution in [-0.4, -0.2) is 53.4 Å². The number of halogens is 3. The second-order valence-corrected chi connectivity index (χ2v) is 7.85. The van der Waals surface area contributed by atoms with Crippen LogP contribution in [0.1, 0.15) is 28.6 Å². The van der Waals surface area contributed by atoms with Crippen molar-refractivity contribution in [3.63, 3.8) is 0 Å². The maximum Gasteiger partial charge on any atom is 0.416 e. The number of quaternary nitrogens is 2. The van der Waals surface area contributed by atoms with Crippen LogP contribution in [0.3, 0.4) is 0 Å². The largest absolute Gasteiger partial charge is 0.416 e. The Morgan fingerprint density at radius 2 is 1.73 bits per heavy atom. The number of nitrogens with zero attached hydrogens (tertiary/aromatic N) is 4. The van der Waals surface area contributed by atoms with Crippen LogP contribution in [0.15, 0.2) is 54.6 Å². The standard InChI is InChI=1S/C21H23F3N6/c1-28-10-12-29(13-11-28)19(17-8-5-9-18(14-17)21(22,23)24)20-25-26-27-30(20)15-16-6-3-2-4-7-16/h2-9,14,19H,10-13,15H2,1H3/p+2/t19-/m1/s1. The third-order valence-corrected chi connectivity index (χ3v) is 5.69. The highest BCUT2D eigenvalue weighted by atomic mass is 19.4. The van der Waals surface area contributed by atoms with Gasteiger partial charge in [-0.15, -0.1) is 5.10 Å². The minimum absolute atomic E-state index is 0.362. The quantitative estimate of drug-likeness (QED) is 0.625. The molecule has 2 aromatic carbocycles. The first-order chi connectivity index (χ1) is 14.4. The molecule has 0 radical (unpaired) electrons. The van der Waals surface area contributed by atoms with E-state index in [2.05, 4.69) is 22.6 Å². The Morgan fingerprint density at radius 1 is 1.00 bits per heavy atom. The molecule has 158 valence electrons. The second kappa shape index (κ2) is 8.53. The van der Waals surface area contributed by atoms with E-state index in [1.54, 1.807) is 10.7 Å². The van der Waals surface area contributed by atoms with Crippen molar-refractivity contribution in [3.05, 3.63) is 77.1 Å². The Kier molecular flexibility index (Phi) is 5.83. The van der Waals surface area contributed by atoms with E-state index in [1.165, 1.54) is 21.9 Å². The van der Waals surface area contributed by atoms with Crippen molar-refractivity contribution in [2.45, 2.75) is 18.8 Å². The molecule has 1 aliphatic heterocycles. The van der Waals surface area contributed by atoms with E-state index in [9.17, 15) is 13.2 Å². The van der Waals surface area contributed by atoms with E-state index in [1.807, 2.05) is 30.3 Å². The number of aromatic nitrogens is 4. The van der Waals surface area contributed by atoms with E-state index in [-0.39, 0.29) is 6.04 Å². The van der Waals surface area contributed by atoms with Crippen molar-refractivity contribution in [2.75, 3.05) is 33.2 Å². The average molecular weight is 418 g/mol. The first-order valence-electron chi connectivity index (χ1n) is 10.0. The lowest BCUT2D eigenvalue weighted by Crippen LogP contribution is -3.27. The minimum Gasteiger partial charge on any atom is -0.328 e. The van der Waals surface area contributed by atoms with E-state index in [0.29, 0.717) is 17.9 Å². The van der Waals surface area contributed by atoms with Gasteiger partial charge in [-0.2, -0.15) is 13.2 Å². The molecular weight excluding hydrogens is 393 g/mol. The molecule has 4 rings (SSSR count). The third-order valence-electron chi connectivity index (χ3n) is 5.69. The molecule has 1 fully saturated rings. The van der Waals surface area contributed by atoms with Gasteiger partial charge in [0, 0.05) is 5.56 Å². The molecular formula is C21H25F3N6+2. The molecule has 1 saturated heterocycles. The van der Waals surface area contributed by atoms with Gasteiger partial charge in [0.15, 0.2) is 6.04 Å². The summed E-state index contributed by atoms with van der Waals surface area (Å²) < 4.78 is 41.8. The molecule has 6 nitrogen and oxygen atoms in total. The lowest BCUT2D eigenvalue weighted by atomic mass is 10.0. The van der Waals surface area contributed by atoms with E-state index >= 15 is 0 Å². The van der Waals surface area contributed by atoms with Gasteiger partial charge in [-0.05, 0) is 28.1 Å². The molecule has 9 heteroatoms. The van der Waals surface area contributed by atoms with Crippen LogP contribution in [0.2, 0.25) is 0 Å². The summed E-state index contributed by atoms with van der Waals surface area (Å²) in [5.41, 5.74) is 0.974. The predicted octanol–water partition coefficient (Wildman–Crippen LogP) is 0.243. The molecule has 0 bridgehead atoms. The molecule has 30 heavy (non-hydrogen) atoms. The van der Waals surface area contributed by atoms with E-state index in [0.717, 1.165) is 37.8 Å². The Labute approximate surface area is 172 Å². The van der Waals surface area contributed by atoms with Crippen molar-refractivity contribution >= 4 is 0 Å². The molecule has 0 unspecified atom stereocenters. The summed E-state index contributed by atoms with van der Waals surface area (Å²) in [4.78, 5) is 2.61. The summed E-state index contributed by atoms with van der Waals surface area (Å²) in [6.07, 6.45) is -4.39. The molecule has 0 amide bonds. The lowest BCUT2D eigenvalue weighted by molar-refractivity contribution is -1.02. The van der Waals surface area contributed by atoms with Crippen molar-refractivity contribution in [1.29, 1.82) is 0 Å². The highest BCUT2D eigenvalue weighted by Crippen LogP contribution is 2.31. The van der Waals surface area contributed by atoms with Crippen molar-refractivity contribution in [1.82, 2.24) is 20.2 Å². The van der Waals surface area contributed by atoms with Gasteiger partial charge in [-0.25, -0.2) is 4.68 Å². The maximum atomic E-state index is 13.4. The van der Waals surface area contributed by atoms with Gasteiger partial charge in [0.05, 0.1) is 19.2 Å². The smallest absolute Gasteiger partial charge is 0.328 e. The number of rotatable bonds is 5. The van der Waals surface area contributed by atoms with Gasteiger partial charge in [0.2, 0.25) is 5.82 Å². The van der Waals surface area contributed by atoms with Crippen LogP contribution in [-0.2, 0) is 12.7 Å². The molecule has 0 aliphatic carbocycles. The van der Waals surface area contributed by atoms with Gasteiger partial charge in [0.25, 0.3) is 0 Å². The van der Waals surface area contributed by atoms with E-state index < -0.39 is 11.7 Å². The van der Waals surface area contributed by atoms with Crippen LogP contribution in [0.5, 0.6) is 0 Å². The summed E-state index contributed by atoms with van der Waals surface area (Å²) in [5, 5.41) is 12.3. The van der Waals surface area contributed by atoms with Crippen molar-refractivity contribution < 1.29 is 23.0 Å². The molecule has 2 heterocycles. The fourth-order valence-corrected chi connectivity index (χ4v) is 4.04. The first-order valence-corrected chi connectivity index (χ1v) is 10.0. The highest BCUT2D eigenvalue weighted by Gasteiger charge is 2.37. The molecule has 1 aliphatic rings. The molecule has 1 atom stereocenters. The molecule has 2 N–H and O–H groups in total. The number of piperazine rings is 1. The number of tetrazole rings is 1. The second-order valence-electron chi connectivity index (χ2n) is 7.85. The fourth-order valence-electron chi connectivity index (χ4n) is 4.04. The summed E-state index contributed by atoms with van der Waals surface area (Å²) in [5.74, 6) is 0.590. The topological polar surface area (TPSA) is 52.5 Å². The van der Waals surface area contributed by atoms with E-state index in [4.69, 9.17) is 0 Å². The maximum absolute atomic E-state index is 13.4. The lowest BCUT2D eigenvalue weighted by Gasteiger charge is -2.33. The number of likely N-dealkylation sites (N-methyl/N-ethyl adjacent to an activating group) is 1. The number of hydrogen-bond acceptors (Lipinski definition) is 3. The zero-order chi connectivity index (χ0) is 21.1. The Balaban J connectivity index is 1.73. The van der Waals surface area contributed by atoms with Gasteiger partial charge >= 0.3 is 6.18 Å². The van der Waals surface area contributed by atoms with Crippen LogP contribution in [0.4, 0.5) is 13.2 Å². The summed E-state index contributed by atoms with van der Waals surface area (Å²) in [6.45, 7) is 4.04. The average Bonchev–Trinajstić information content (AvgIpc) is 3.18. The Bertz CT molecular complexity index is 964. The van der Waals surface area contributed by atoms with Crippen LogP contribution in [0.25, 0.3) is 0 Å². The van der Waals surface area contributed by atoms with Gasteiger partial charge in [-0.3, -0.25) is 0 Å². The summed E-state index contributed by atoms with van der Waals surface area (Å²) >= 11 is 0. The SMILES string of the molecule is C[NH+]1CC[NH+]([C@H](c2cccc(C(F)(F)F)c2)c2nnnn2Cc2ccccc2)CC1. The predicted molar refractivity (Wildman–Crippen MR) is 104 cm³/mol. The normalized spacial score (nSPS) is 20.8. The number of alkyl halides is 3. The monoisotopic (exact) mass is 418 g/mol. The van der Waals surface area contributed by atoms with Crippen molar-refractivity contribution in [2.24, 2.45) is 0 Å². The number of hydrogen-bond donors (Lipinski definition) is 2. The molecule has 3 aromatic rings. The first kappa shape index (κ1) is 20.5. The van der Waals surface area contributed by atoms with Gasteiger partial charge in [-0.1, -0.05) is 42.5 Å². The molecule has 0 saturated carbocycles. The fraction of sp³-hybridized carbons (Fsp3) is 0.381. The zero-order valence-corrected chi connectivity index (χ0v) is 16.7. The summed E-state index contributed by atoms with van der Waals surface area (Å²) in [6, 6.07) is 15.0. The summed E-state index contributed by atoms with van der Waals surface area (Å²) in [7, 11) is 2.13. The third kappa shape index (κ3) is 4.52. The number of nitrogens with one attached hydrogen (secondary N) is 2. The minimum atomic E-state index is -4.39. The Hall–Kier alpha value is -2.78. The van der Waals surface area contributed by atoms with Crippen LogP contribution >= 0.6 is 0 Å². The van der Waals surface area contributed by atoms with Gasteiger partial charge in [0.1, 0.15) is 26.2 Å². The van der Waals surface area contributed by atoms with Crippen LogP contribution in [0, 0.1) is 0 Å².